The molecule has 0 spiro atoms. The summed E-state index contributed by atoms with van der Waals surface area (Å²) >= 11 is 0. The number of aromatic hydroxyl groups is 1. The first-order chi connectivity index (χ1) is 9.06. The molecule has 0 aromatic heterocycles. The van der Waals surface area contributed by atoms with Gasteiger partial charge in [0.05, 0.1) is 5.56 Å². The monoisotopic (exact) mass is 260 g/mol. The molecule has 3 nitrogen and oxygen atoms in total. The maximum atomic E-state index is 13.1. The average molecular weight is 260 g/mol. The molecular formula is C15H13FO3. The van der Waals surface area contributed by atoms with Crippen LogP contribution in [-0.4, -0.2) is 10.9 Å². The van der Waals surface area contributed by atoms with E-state index in [1.165, 1.54) is 19.1 Å². The molecular weight excluding hydrogens is 247 g/mol. The van der Waals surface area contributed by atoms with Crippen molar-refractivity contribution in [2.24, 2.45) is 0 Å². The van der Waals surface area contributed by atoms with Crippen LogP contribution >= 0.6 is 0 Å². The highest BCUT2D eigenvalue weighted by atomic mass is 19.1. The van der Waals surface area contributed by atoms with E-state index in [4.69, 9.17) is 4.74 Å². The van der Waals surface area contributed by atoms with Crippen LogP contribution in [0.5, 0.6) is 11.5 Å². The van der Waals surface area contributed by atoms with E-state index in [2.05, 4.69) is 0 Å². The van der Waals surface area contributed by atoms with E-state index in [1.54, 1.807) is 24.3 Å². The normalized spacial score (nSPS) is 10.2. The van der Waals surface area contributed by atoms with Crippen LogP contribution in [0.4, 0.5) is 4.39 Å². The van der Waals surface area contributed by atoms with Crippen molar-refractivity contribution >= 4 is 5.78 Å². The summed E-state index contributed by atoms with van der Waals surface area (Å²) in [5, 5.41) is 9.33. The van der Waals surface area contributed by atoms with E-state index >= 15 is 0 Å². The smallest absolute Gasteiger partial charge is 0.163 e. The van der Waals surface area contributed by atoms with Gasteiger partial charge in [-0.25, -0.2) is 4.39 Å². The highest BCUT2D eigenvalue weighted by molar-refractivity contribution is 5.96. The van der Waals surface area contributed by atoms with Crippen molar-refractivity contribution in [3.8, 4) is 11.5 Å². The minimum absolute atomic E-state index is 0.145. The summed E-state index contributed by atoms with van der Waals surface area (Å²) in [6.07, 6.45) is 0. The van der Waals surface area contributed by atoms with Crippen LogP contribution in [-0.2, 0) is 6.61 Å². The Hall–Kier alpha value is -2.36. The van der Waals surface area contributed by atoms with Gasteiger partial charge in [-0.2, -0.15) is 0 Å². The van der Waals surface area contributed by atoms with Gasteiger partial charge >= 0.3 is 0 Å². The molecule has 0 unspecified atom stereocenters. The van der Waals surface area contributed by atoms with E-state index in [9.17, 15) is 14.3 Å². The number of hydrogen-bond donors (Lipinski definition) is 1. The summed E-state index contributed by atoms with van der Waals surface area (Å²) in [5.74, 6) is -0.260. The molecule has 0 bridgehead atoms. The molecule has 19 heavy (non-hydrogen) atoms. The van der Waals surface area contributed by atoms with Crippen LogP contribution in [0.1, 0.15) is 22.8 Å². The van der Waals surface area contributed by atoms with Gasteiger partial charge in [-0.15, -0.1) is 0 Å². The standard InChI is InChI=1S/C15H13FO3/c1-10(17)14-8-12(16)5-6-15(14)19-9-11-3-2-4-13(18)7-11/h2-8,18H,9H2,1H3. The predicted molar refractivity (Wildman–Crippen MR) is 68.8 cm³/mol. The molecule has 0 radical (unpaired) electrons. The molecule has 98 valence electrons. The second-order valence-electron chi connectivity index (χ2n) is 4.16. The van der Waals surface area contributed by atoms with Gasteiger partial charge in [0.1, 0.15) is 23.9 Å². The van der Waals surface area contributed by atoms with Gasteiger partial charge in [-0.05, 0) is 42.8 Å². The Kier molecular flexibility index (Phi) is 3.80. The number of carbonyl (C=O) groups is 1. The highest BCUT2D eigenvalue weighted by Gasteiger charge is 2.10. The second kappa shape index (κ2) is 5.52. The summed E-state index contributed by atoms with van der Waals surface area (Å²) in [4.78, 5) is 11.4. The van der Waals surface area contributed by atoms with Gasteiger partial charge in [0.15, 0.2) is 5.78 Å². The number of carbonyl (C=O) groups excluding carboxylic acids is 1. The SMILES string of the molecule is CC(=O)c1cc(F)ccc1OCc1cccc(O)c1. The molecule has 0 fully saturated rings. The quantitative estimate of drug-likeness (QED) is 0.858. The molecule has 0 aliphatic carbocycles. The van der Waals surface area contributed by atoms with Crippen molar-refractivity contribution in [3.63, 3.8) is 0 Å². The number of Topliss-reactive ketones (excluding diaryl/α,β-unsaturated/α-hetero) is 1. The van der Waals surface area contributed by atoms with Crippen LogP contribution in [0.25, 0.3) is 0 Å². The maximum absolute atomic E-state index is 13.1. The van der Waals surface area contributed by atoms with Crippen LogP contribution in [0.15, 0.2) is 42.5 Å². The fourth-order valence-electron chi connectivity index (χ4n) is 1.71. The Bertz CT molecular complexity index is 608. The van der Waals surface area contributed by atoms with Gasteiger partial charge < -0.3 is 9.84 Å². The summed E-state index contributed by atoms with van der Waals surface area (Å²) in [6.45, 7) is 1.55. The number of hydrogen-bond acceptors (Lipinski definition) is 3. The third kappa shape index (κ3) is 3.31. The number of halogens is 1. The minimum Gasteiger partial charge on any atom is -0.508 e. The Balaban J connectivity index is 2.17. The van der Waals surface area contributed by atoms with Gasteiger partial charge in [-0.3, -0.25) is 4.79 Å². The fraction of sp³-hybridized carbons (Fsp3) is 0.133. The van der Waals surface area contributed by atoms with Crippen molar-refractivity contribution in [2.45, 2.75) is 13.5 Å². The van der Waals surface area contributed by atoms with Crippen LogP contribution in [0, 0.1) is 5.82 Å². The number of ketones is 1. The topological polar surface area (TPSA) is 46.5 Å². The van der Waals surface area contributed by atoms with Gasteiger partial charge in [0.25, 0.3) is 0 Å². The maximum Gasteiger partial charge on any atom is 0.163 e. The predicted octanol–water partition coefficient (Wildman–Crippen LogP) is 3.31. The highest BCUT2D eigenvalue weighted by Crippen LogP contribution is 2.22. The fourth-order valence-corrected chi connectivity index (χ4v) is 1.71. The lowest BCUT2D eigenvalue weighted by Crippen LogP contribution is -2.02. The molecule has 0 atom stereocenters. The summed E-state index contributed by atoms with van der Waals surface area (Å²) in [5.41, 5.74) is 0.971. The molecule has 0 aliphatic rings. The van der Waals surface area contributed by atoms with E-state index in [0.29, 0.717) is 5.75 Å². The molecule has 0 aliphatic heterocycles. The Morgan fingerprint density at radius 3 is 2.74 bits per heavy atom. The van der Waals surface area contributed by atoms with Crippen molar-refractivity contribution in [1.29, 1.82) is 0 Å². The average Bonchev–Trinajstić information content (AvgIpc) is 2.37. The van der Waals surface area contributed by atoms with Gasteiger partial charge in [0, 0.05) is 0 Å². The Morgan fingerprint density at radius 1 is 1.26 bits per heavy atom. The van der Waals surface area contributed by atoms with E-state index in [0.717, 1.165) is 11.6 Å². The van der Waals surface area contributed by atoms with Crippen molar-refractivity contribution in [2.75, 3.05) is 0 Å². The number of ether oxygens (including phenoxy) is 1. The zero-order valence-corrected chi connectivity index (χ0v) is 10.4. The zero-order chi connectivity index (χ0) is 13.8. The largest absolute Gasteiger partial charge is 0.508 e. The van der Waals surface area contributed by atoms with Crippen molar-refractivity contribution < 1.29 is 19.0 Å². The first kappa shape index (κ1) is 13.1. The lowest BCUT2D eigenvalue weighted by Gasteiger charge is -2.10. The lowest BCUT2D eigenvalue weighted by atomic mass is 10.1. The van der Waals surface area contributed by atoms with E-state index in [1.807, 2.05) is 0 Å². The molecule has 2 rings (SSSR count). The summed E-state index contributed by atoms with van der Waals surface area (Å²) < 4.78 is 18.6. The third-order valence-electron chi connectivity index (χ3n) is 2.63. The number of rotatable bonds is 4. The third-order valence-corrected chi connectivity index (χ3v) is 2.63. The van der Waals surface area contributed by atoms with Crippen LogP contribution < -0.4 is 4.74 Å². The molecule has 0 heterocycles. The Labute approximate surface area is 110 Å². The zero-order valence-electron chi connectivity index (χ0n) is 10.4. The minimum atomic E-state index is -0.477. The van der Waals surface area contributed by atoms with Crippen molar-refractivity contribution in [1.82, 2.24) is 0 Å². The molecule has 2 aromatic rings. The lowest BCUT2D eigenvalue weighted by molar-refractivity contribution is 0.101. The van der Waals surface area contributed by atoms with Crippen molar-refractivity contribution in [3.05, 3.63) is 59.4 Å². The number of benzene rings is 2. The first-order valence-corrected chi connectivity index (χ1v) is 5.77. The van der Waals surface area contributed by atoms with Gasteiger partial charge in [-0.1, -0.05) is 12.1 Å². The molecule has 0 amide bonds. The molecule has 0 saturated heterocycles. The Morgan fingerprint density at radius 2 is 2.05 bits per heavy atom. The van der Waals surface area contributed by atoms with E-state index in [-0.39, 0.29) is 23.7 Å². The van der Waals surface area contributed by atoms with Crippen LogP contribution in [0.3, 0.4) is 0 Å². The number of phenols is 1. The molecule has 2 aromatic carbocycles. The molecule has 0 saturated carbocycles. The summed E-state index contributed by atoms with van der Waals surface area (Å²) in [6, 6.07) is 10.4. The van der Waals surface area contributed by atoms with Crippen LogP contribution in [0.2, 0.25) is 0 Å². The number of phenolic OH excluding ortho intramolecular Hbond substituents is 1. The first-order valence-electron chi connectivity index (χ1n) is 5.77. The molecule has 1 N–H and O–H groups in total. The van der Waals surface area contributed by atoms with Gasteiger partial charge in [0.2, 0.25) is 0 Å². The van der Waals surface area contributed by atoms with E-state index < -0.39 is 5.82 Å². The molecule has 4 heteroatoms. The summed E-state index contributed by atoms with van der Waals surface area (Å²) in [7, 11) is 0. The second-order valence-corrected chi connectivity index (χ2v) is 4.16.